The molecule has 0 saturated heterocycles. The zero-order valence-corrected chi connectivity index (χ0v) is 11.3. The third-order valence-electron chi connectivity index (χ3n) is 2.81. The van der Waals surface area contributed by atoms with Gasteiger partial charge in [-0.05, 0) is 26.3 Å². The molecule has 0 N–H and O–H groups in total. The summed E-state index contributed by atoms with van der Waals surface area (Å²) >= 11 is 0. The SMILES string of the molecule is CCN(CC)/C(C)=C/C(=O)OCc1ccccc1. The fourth-order valence-corrected chi connectivity index (χ4v) is 1.75. The molecule has 18 heavy (non-hydrogen) atoms. The van der Waals surface area contributed by atoms with Gasteiger partial charge in [0.15, 0.2) is 0 Å². The monoisotopic (exact) mass is 247 g/mol. The Morgan fingerprint density at radius 3 is 2.39 bits per heavy atom. The summed E-state index contributed by atoms with van der Waals surface area (Å²) in [5, 5.41) is 0. The van der Waals surface area contributed by atoms with Gasteiger partial charge in [0, 0.05) is 24.9 Å². The van der Waals surface area contributed by atoms with Crippen LogP contribution in [0.2, 0.25) is 0 Å². The van der Waals surface area contributed by atoms with Crippen molar-refractivity contribution in [3.05, 3.63) is 47.7 Å². The first-order valence-corrected chi connectivity index (χ1v) is 6.31. The van der Waals surface area contributed by atoms with Crippen LogP contribution in [0.25, 0.3) is 0 Å². The summed E-state index contributed by atoms with van der Waals surface area (Å²) in [6.07, 6.45) is 1.55. The maximum Gasteiger partial charge on any atom is 0.332 e. The van der Waals surface area contributed by atoms with E-state index in [1.54, 1.807) is 6.08 Å². The average Bonchev–Trinajstić information content (AvgIpc) is 2.39. The normalized spacial score (nSPS) is 11.2. The zero-order chi connectivity index (χ0) is 13.4. The Kier molecular flexibility index (Phi) is 5.98. The lowest BCUT2D eigenvalue weighted by atomic mass is 10.2. The third kappa shape index (κ3) is 4.62. The number of hydrogen-bond donors (Lipinski definition) is 0. The van der Waals surface area contributed by atoms with Gasteiger partial charge in [-0.2, -0.15) is 0 Å². The number of esters is 1. The third-order valence-corrected chi connectivity index (χ3v) is 2.81. The fourth-order valence-electron chi connectivity index (χ4n) is 1.75. The summed E-state index contributed by atoms with van der Waals surface area (Å²) in [6.45, 7) is 8.17. The van der Waals surface area contributed by atoms with E-state index >= 15 is 0 Å². The van der Waals surface area contributed by atoms with Crippen molar-refractivity contribution < 1.29 is 9.53 Å². The molecular formula is C15H21NO2. The highest BCUT2D eigenvalue weighted by molar-refractivity contribution is 5.82. The first-order valence-electron chi connectivity index (χ1n) is 6.31. The molecule has 3 nitrogen and oxygen atoms in total. The molecule has 1 rings (SSSR count). The molecule has 0 spiro atoms. The minimum Gasteiger partial charge on any atom is -0.458 e. The summed E-state index contributed by atoms with van der Waals surface area (Å²) in [5.41, 5.74) is 1.94. The van der Waals surface area contributed by atoms with Crippen molar-refractivity contribution >= 4 is 5.97 Å². The second-order valence-electron chi connectivity index (χ2n) is 4.05. The number of rotatable bonds is 6. The molecule has 0 fully saturated rings. The number of nitrogens with zero attached hydrogens (tertiary/aromatic N) is 1. The van der Waals surface area contributed by atoms with Gasteiger partial charge in [-0.3, -0.25) is 0 Å². The van der Waals surface area contributed by atoms with Crippen molar-refractivity contribution in [2.24, 2.45) is 0 Å². The van der Waals surface area contributed by atoms with E-state index in [1.165, 1.54) is 0 Å². The zero-order valence-electron chi connectivity index (χ0n) is 11.3. The van der Waals surface area contributed by atoms with Crippen LogP contribution in [0.15, 0.2) is 42.1 Å². The molecule has 1 aromatic rings. The van der Waals surface area contributed by atoms with Gasteiger partial charge >= 0.3 is 5.97 Å². The van der Waals surface area contributed by atoms with Crippen LogP contribution in [0.3, 0.4) is 0 Å². The predicted molar refractivity (Wildman–Crippen MR) is 72.9 cm³/mol. The summed E-state index contributed by atoms with van der Waals surface area (Å²) in [4.78, 5) is 13.8. The molecule has 0 saturated carbocycles. The molecule has 0 aliphatic heterocycles. The predicted octanol–water partition coefficient (Wildman–Crippen LogP) is 2.98. The van der Waals surface area contributed by atoms with E-state index in [2.05, 4.69) is 18.7 Å². The summed E-state index contributed by atoms with van der Waals surface area (Å²) in [6, 6.07) is 9.68. The molecule has 3 heteroatoms. The topological polar surface area (TPSA) is 29.5 Å². The molecule has 0 heterocycles. The second kappa shape index (κ2) is 7.54. The molecule has 0 bridgehead atoms. The lowest BCUT2D eigenvalue weighted by Gasteiger charge is -2.21. The van der Waals surface area contributed by atoms with E-state index in [0.717, 1.165) is 24.4 Å². The first-order chi connectivity index (χ1) is 8.67. The van der Waals surface area contributed by atoms with Gasteiger partial charge in [0.1, 0.15) is 6.61 Å². The van der Waals surface area contributed by atoms with Crippen LogP contribution in [-0.4, -0.2) is 24.0 Å². The maximum atomic E-state index is 11.6. The van der Waals surface area contributed by atoms with Crippen LogP contribution in [0.4, 0.5) is 0 Å². The van der Waals surface area contributed by atoms with Crippen LogP contribution in [-0.2, 0) is 16.1 Å². The van der Waals surface area contributed by atoms with Crippen LogP contribution < -0.4 is 0 Å². The van der Waals surface area contributed by atoms with E-state index in [1.807, 2.05) is 37.3 Å². The fraction of sp³-hybridized carbons (Fsp3) is 0.400. The van der Waals surface area contributed by atoms with Crippen molar-refractivity contribution in [1.29, 1.82) is 0 Å². The highest BCUT2D eigenvalue weighted by atomic mass is 16.5. The summed E-state index contributed by atoms with van der Waals surface area (Å²) < 4.78 is 5.20. The standard InChI is InChI=1S/C15H21NO2/c1-4-16(5-2)13(3)11-15(17)18-12-14-9-7-6-8-10-14/h6-11H,4-5,12H2,1-3H3/b13-11+. The summed E-state index contributed by atoms with van der Waals surface area (Å²) in [7, 11) is 0. The molecule has 0 atom stereocenters. The van der Waals surface area contributed by atoms with Gasteiger partial charge in [0.2, 0.25) is 0 Å². The molecule has 0 aliphatic carbocycles. The molecule has 0 unspecified atom stereocenters. The maximum absolute atomic E-state index is 11.6. The largest absolute Gasteiger partial charge is 0.458 e. The van der Waals surface area contributed by atoms with Gasteiger partial charge < -0.3 is 9.64 Å². The van der Waals surface area contributed by atoms with Gasteiger partial charge in [-0.1, -0.05) is 30.3 Å². The van der Waals surface area contributed by atoms with E-state index < -0.39 is 0 Å². The van der Waals surface area contributed by atoms with Crippen molar-refractivity contribution in [3.8, 4) is 0 Å². The van der Waals surface area contributed by atoms with Crippen LogP contribution in [0, 0.1) is 0 Å². The van der Waals surface area contributed by atoms with Crippen molar-refractivity contribution in [2.45, 2.75) is 27.4 Å². The first kappa shape index (κ1) is 14.3. The quantitative estimate of drug-likeness (QED) is 0.571. The Labute approximate surface area is 109 Å². The highest BCUT2D eigenvalue weighted by Gasteiger charge is 2.04. The second-order valence-corrected chi connectivity index (χ2v) is 4.05. The molecule has 0 aliphatic rings. The Morgan fingerprint density at radius 1 is 1.22 bits per heavy atom. The van der Waals surface area contributed by atoms with E-state index in [4.69, 9.17) is 4.74 Å². The number of allylic oxidation sites excluding steroid dienone is 1. The smallest absolute Gasteiger partial charge is 0.332 e. The Morgan fingerprint density at radius 2 is 1.83 bits per heavy atom. The molecular weight excluding hydrogens is 226 g/mol. The van der Waals surface area contributed by atoms with Crippen molar-refractivity contribution in [2.75, 3.05) is 13.1 Å². The molecule has 0 amide bonds. The minimum atomic E-state index is -0.289. The van der Waals surface area contributed by atoms with Gasteiger partial charge in [0.05, 0.1) is 0 Å². The lowest BCUT2D eigenvalue weighted by molar-refractivity contribution is -0.139. The summed E-state index contributed by atoms with van der Waals surface area (Å²) in [5.74, 6) is -0.289. The number of hydrogen-bond acceptors (Lipinski definition) is 3. The number of ether oxygens (including phenoxy) is 1. The average molecular weight is 247 g/mol. The van der Waals surface area contributed by atoms with Gasteiger partial charge in [0.25, 0.3) is 0 Å². The van der Waals surface area contributed by atoms with Crippen molar-refractivity contribution in [3.63, 3.8) is 0 Å². The van der Waals surface area contributed by atoms with E-state index in [-0.39, 0.29) is 5.97 Å². The Hall–Kier alpha value is -1.77. The van der Waals surface area contributed by atoms with E-state index in [0.29, 0.717) is 6.61 Å². The minimum absolute atomic E-state index is 0.289. The number of benzene rings is 1. The van der Waals surface area contributed by atoms with Gasteiger partial charge in [-0.15, -0.1) is 0 Å². The van der Waals surface area contributed by atoms with E-state index in [9.17, 15) is 4.79 Å². The Bertz CT molecular complexity index is 394. The molecule has 0 aromatic heterocycles. The van der Waals surface area contributed by atoms with Crippen LogP contribution >= 0.6 is 0 Å². The lowest BCUT2D eigenvalue weighted by Crippen LogP contribution is -2.21. The van der Waals surface area contributed by atoms with Gasteiger partial charge in [-0.25, -0.2) is 4.79 Å². The molecule has 98 valence electrons. The van der Waals surface area contributed by atoms with Crippen LogP contribution in [0.5, 0.6) is 0 Å². The number of carbonyl (C=O) groups is 1. The van der Waals surface area contributed by atoms with Crippen molar-refractivity contribution in [1.82, 2.24) is 4.90 Å². The molecule has 0 radical (unpaired) electrons. The molecule has 1 aromatic carbocycles. The number of carbonyl (C=O) groups excluding carboxylic acids is 1. The van der Waals surface area contributed by atoms with Crippen LogP contribution in [0.1, 0.15) is 26.3 Å². The Balaban J connectivity index is 2.49. The highest BCUT2D eigenvalue weighted by Crippen LogP contribution is 2.05.